The molecule has 0 aromatic heterocycles. The Bertz CT molecular complexity index is 929. The summed E-state index contributed by atoms with van der Waals surface area (Å²) < 4.78 is 58.4. The number of halogens is 4. The minimum Gasteiger partial charge on any atom is -0.371 e. The first-order valence-electron chi connectivity index (χ1n) is 9.41. The molecule has 154 valence electrons. The zero-order valence-corrected chi connectivity index (χ0v) is 15.6. The van der Waals surface area contributed by atoms with Crippen LogP contribution in [-0.4, -0.2) is 37.0 Å². The van der Waals surface area contributed by atoms with E-state index in [1.165, 1.54) is 0 Å². The molecule has 0 saturated carbocycles. The molecule has 8 heteroatoms. The lowest BCUT2D eigenvalue weighted by molar-refractivity contribution is -0.137. The van der Waals surface area contributed by atoms with Crippen LogP contribution in [-0.2, 0) is 23.9 Å². The predicted octanol–water partition coefficient (Wildman–Crippen LogP) is 3.70. The van der Waals surface area contributed by atoms with Gasteiger partial charge in [0.1, 0.15) is 5.82 Å². The molecule has 0 radical (unpaired) electrons. The Morgan fingerprint density at radius 3 is 2.79 bits per heavy atom. The molecule has 1 fully saturated rings. The highest BCUT2D eigenvalue weighted by Crippen LogP contribution is 2.31. The van der Waals surface area contributed by atoms with Crippen molar-refractivity contribution in [3.8, 4) is 0 Å². The number of fused-ring (bicyclic) bond motifs is 1. The first kappa shape index (κ1) is 19.8. The second kappa shape index (κ2) is 7.76. The highest BCUT2D eigenvalue weighted by Gasteiger charge is 2.32. The van der Waals surface area contributed by atoms with Crippen LogP contribution in [0.2, 0.25) is 0 Å². The van der Waals surface area contributed by atoms with Crippen molar-refractivity contribution in [2.75, 3.05) is 26.2 Å². The van der Waals surface area contributed by atoms with Crippen molar-refractivity contribution >= 4 is 5.91 Å². The molecule has 2 aliphatic heterocycles. The fraction of sp³-hybridized carbons (Fsp3) is 0.381. The molecule has 0 spiro atoms. The minimum absolute atomic E-state index is 0.0874. The Kier molecular flexibility index (Phi) is 5.31. The molecule has 4 nitrogen and oxygen atoms in total. The summed E-state index contributed by atoms with van der Waals surface area (Å²) in [5.74, 6) is -0.983. The molecule has 1 saturated heterocycles. The molecule has 1 N–H and O–H groups in total. The first-order chi connectivity index (χ1) is 13.8. The van der Waals surface area contributed by atoms with Gasteiger partial charge in [0, 0.05) is 31.7 Å². The third-order valence-corrected chi connectivity index (χ3v) is 5.27. The highest BCUT2D eigenvalue weighted by molar-refractivity contribution is 5.96. The van der Waals surface area contributed by atoms with Gasteiger partial charge in [-0.1, -0.05) is 12.1 Å². The zero-order chi connectivity index (χ0) is 20.6. The maximum absolute atomic E-state index is 13.7. The summed E-state index contributed by atoms with van der Waals surface area (Å²) in [6.07, 6.45) is -4.09. The van der Waals surface area contributed by atoms with Gasteiger partial charge in [0.15, 0.2) is 0 Å². The Labute approximate surface area is 165 Å². The number of carbonyl (C=O) groups excluding carboxylic acids is 1. The van der Waals surface area contributed by atoms with Crippen molar-refractivity contribution in [3.05, 3.63) is 70.0 Å². The number of carbonyl (C=O) groups is 1. The van der Waals surface area contributed by atoms with Gasteiger partial charge in [0.05, 0.1) is 18.3 Å². The van der Waals surface area contributed by atoms with E-state index in [0.717, 1.165) is 29.7 Å². The van der Waals surface area contributed by atoms with E-state index in [1.54, 1.807) is 6.07 Å². The number of morpholine rings is 1. The standard InChI is InChI=1S/C21H20F4N2O2/c22-17-8-13(7-16(10-17)21(23,24)25)11-27-5-6-29-19(12-27)15-1-2-18-14(9-15)3-4-26-20(18)28/h1-2,7-10,19H,3-6,11-12H2,(H,26,28). The number of amides is 1. The minimum atomic E-state index is -4.58. The number of nitrogens with one attached hydrogen (secondary N) is 1. The van der Waals surface area contributed by atoms with Crippen LogP contribution in [0.25, 0.3) is 0 Å². The average molecular weight is 408 g/mol. The van der Waals surface area contributed by atoms with Crippen molar-refractivity contribution in [2.24, 2.45) is 0 Å². The third kappa shape index (κ3) is 4.43. The van der Waals surface area contributed by atoms with E-state index in [0.29, 0.717) is 37.9 Å². The third-order valence-electron chi connectivity index (χ3n) is 5.27. The molecule has 0 aliphatic carbocycles. The zero-order valence-electron chi connectivity index (χ0n) is 15.6. The summed E-state index contributed by atoms with van der Waals surface area (Å²) in [6, 6.07) is 8.23. The Balaban J connectivity index is 1.49. The summed E-state index contributed by atoms with van der Waals surface area (Å²) >= 11 is 0. The van der Waals surface area contributed by atoms with Crippen LogP contribution in [0.5, 0.6) is 0 Å². The molecular weight excluding hydrogens is 388 g/mol. The highest BCUT2D eigenvalue weighted by atomic mass is 19.4. The summed E-state index contributed by atoms with van der Waals surface area (Å²) in [7, 11) is 0. The summed E-state index contributed by atoms with van der Waals surface area (Å²) in [4.78, 5) is 13.8. The van der Waals surface area contributed by atoms with E-state index >= 15 is 0 Å². The van der Waals surface area contributed by atoms with Gasteiger partial charge in [-0.3, -0.25) is 9.69 Å². The Hall–Kier alpha value is -2.45. The van der Waals surface area contributed by atoms with Crippen molar-refractivity contribution in [1.29, 1.82) is 0 Å². The number of alkyl halides is 3. The summed E-state index contributed by atoms with van der Waals surface area (Å²) in [5.41, 5.74) is 1.85. The molecule has 2 aromatic carbocycles. The van der Waals surface area contributed by atoms with Crippen molar-refractivity contribution in [1.82, 2.24) is 10.2 Å². The molecule has 2 heterocycles. The maximum atomic E-state index is 13.7. The van der Waals surface area contributed by atoms with Gasteiger partial charge in [-0.05, 0) is 47.4 Å². The molecule has 1 unspecified atom stereocenters. The average Bonchev–Trinajstić information content (AvgIpc) is 2.67. The van der Waals surface area contributed by atoms with Crippen molar-refractivity contribution < 1.29 is 27.1 Å². The largest absolute Gasteiger partial charge is 0.416 e. The van der Waals surface area contributed by atoms with Crippen LogP contribution in [0.1, 0.15) is 38.7 Å². The van der Waals surface area contributed by atoms with Crippen LogP contribution in [0.3, 0.4) is 0 Å². The first-order valence-corrected chi connectivity index (χ1v) is 9.41. The van der Waals surface area contributed by atoms with E-state index in [1.807, 2.05) is 17.0 Å². The molecule has 2 aromatic rings. The van der Waals surface area contributed by atoms with E-state index < -0.39 is 17.6 Å². The fourth-order valence-corrected chi connectivity index (χ4v) is 3.86. The SMILES string of the molecule is O=C1NCCc2cc(C3CN(Cc4cc(F)cc(C(F)(F)F)c4)CCO3)ccc21. The smallest absolute Gasteiger partial charge is 0.371 e. The van der Waals surface area contributed by atoms with Gasteiger partial charge in [0.2, 0.25) is 0 Å². The van der Waals surface area contributed by atoms with Gasteiger partial charge in [0.25, 0.3) is 5.91 Å². The number of ether oxygens (including phenoxy) is 1. The number of hydrogen-bond acceptors (Lipinski definition) is 3. The van der Waals surface area contributed by atoms with Crippen LogP contribution >= 0.6 is 0 Å². The van der Waals surface area contributed by atoms with Gasteiger partial charge in [-0.25, -0.2) is 4.39 Å². The molecule has 1 amide bonds. The van der Waals surface area contributed by atoms with Crippen LogP contribution in [0, 0.1) is 5.82 Å². The lowest BCUT2D eigenvalue weighted by Crippen LogP contribution is -2.38. The Morgan fingerprint density at radius 1 is 1.17 bits per heavy atom. The molecule has 0 bridgehead atoms. The van der Waals surface area contributed by atoms with Gasteiger partial charge in [-0.15, -0.1) is 0 Å². The second-order valence-electron chi connectivity index (χ2n) is 7.36. The maximum Gasteiger partial charge on any atom is 0.416 e. The molecule has 4 rings (SSSR count). The number of rotatable bonds is 3. The lowest BCUT2D eigenvalue weighted by atomic mass is 9.95. The van der Waals surface area contributed by atoms with Gasteiger partial charge >= 0.3 is 6.18 Å². The quantitative estimate of drug-likeness (QED) is 0.788. The monoisotopic (exact) mass is 408 g/mol. The molecular formula is C21H20F4N2O2. The number of hydrogen-bond donors (Lipinski definition) is 1. The topological polar surface area (TPSA) is 41.6 Å². The van der Waals surface area contributed by atoms with Crippen LogP contribution in [0.15, 0.2) is 36.4 Å². The van der Waals surface area contributed by atoms with E-state index in [9.17, 15) is 22.4 Å². The van der Waals surface area contributed by atoms with Crippen molar-refractivity contribution in [2.45, 2.75) is 25.2 Å². The van der Waals surface area contributed by atoms with E-state index in [4.69, 9.17) is 4.74 Å². The number of benzene rings is 2. The van der Waals surface area contributed by atoms with E-state index in [2.05, 4.69) is 5.32 Å². The molecule has 2 aliphatic rings. The fourth-order valence-electron chi connectivity index (χ4n) is 3.86. The van der Waals surface area contributed by atoms with Crippen LogP contribution < -0.4 is 5.32 Å². The van der Waals surface area contributed by atoms with Crippen molar-refractivity contribution in [3.63, 3.8) is 0 Å². The summed E-state index contributed by atoms with van der Waals surface area (Å²) in [6.45, 7) is 2.23. The predicted molar refractivity (Wildman–Crippen MR) is 97.9 cm³/mol. The van der Waals surface area contributed by atoms with E-state index in [-0.39, 0.29) is 24.1 Å². The number of nitrogens with zero attached hydrogens (tertiary/aromatic N) is 1. The lowest BCUT2D eigenvalue weighted by Gasteiger charge is -2.33. The normalized spacial score (nSPS) is 20.3. The van der Waals surface area contributed by atoms with Crippen LogP contribution in [0.4, 0.5) is 17.6 Å². The van der Waals surface area contributed by atoms with Gasteiger partial charge in [-0.2, -0.15) is 13.2 Å². The van der Waals surface area contributed by atoms with Gasteiger partial charge < -0.3 is 10.1 Å². The Morgan fingerprint density at radius 2 is 2.00 bits per heavy atom. The summed E-state index contributed by atoms with van der Waals surface area (Å²) in [5, 5.41) is 2.80. The second-order valence-corrected chi connectivity index (χ2v) is 7.36. The molecule has 1 atom stereocenters. The molecule has 29 heavy (non-hydrogen) atoms.